The van der Waals surface area contributed by atoms with Crippen molar-refractivity contribution in [3.05, 3.63) is 158 Å². The largest absolute Gasteiger partial charge is 0.497 e. The highest BCUT2D eigenvalue weighted by atomic mass is 16.5. The van der Waals surface area contributed by atoms with E-state index >= 15 is 0 Å². The molecule has 10 heteroatoms. The highest BCUT2D eigenvalue weighted by molar-refractivity contribution is 6.12. The summed E-state index contributed by atoms with van der Waals surface area (Å²) in [6.45, 7) is 0. The maximum atomic E-state index is 6.54. The van der Waals surface area contributed by atoms with Crippen LogP contribution in [0.5, 0.6) is 11.5 Å². The Hall–Kier alpha value is -7.98. The third-order valence-corrected chi connectivity index (χ3v) is 10.7. The van der Waals surface area contributed by atoms with Gasteiger partial charge in [-0.25, -0.2) is 0 Å². The summed E-state index contributed by atoms with van der Waals surface area (Å²) < 4.78 is 28.5. The maximum absolute atomic E-state index is 6.54. The van der Waals surface area contributed by atoms with Crippen LogP contribution in [-0.4, -0.2) is 43.7 Å². The highest BCUT2D eigenvalue weighted by Gasteiger charge is 2.27. The third kappa shape index (κ3) is 5.26. The molecule has 10 nitrogen and oxygen atoms in total. The van der Waals surface area contributed by atoms with Crippen molar-refractivity contribution in [1.82, 2.24) is 29.5 Å². The van der Waals surface area contributed by atoms with Crippen molar-refractivity contribution in [2.75, 3.05) is 14.2 Å². The summed E-state index contributed by atoms with van der Waals surface area (Å²) in [6, 6.07) is 53.2. The molecule has 278 valence electrons. The van der Waals surface area contributed by atoms with Gasteiger partial charge in [-0.05, 0) is 84.9 Å². The van der Waals surface area contributed by atoms with E-state index in [9.17, 15) is 0 Å². The molecule has 4 aromatic heterocycles. The minimum atomic E-state index is 0.292. The van der Waals surface area contributed by atoms with Crippen LogP contribution in [0.4, 0.5) is 0 Å². The number of benzene rings is 7. The van der Waals surface area contributed by atoms with Crippen molar-refractivity contribution in [3.8, 4) is 68.7 Å². The van der Waals surface area contributed by atoms with Gasteiger partial charge in [-0.2, -0.15) is 0 Å². The van der Waals surface area contributed by atoms with Crippen molar-refractivity contribution in [1.29, 1.82) is 0 Å². The highest BCUT2D eigenvalue weighted by Crippen LogP contribution is 2.43. The van der Waals surface area contributed by atoms with Crippen LogP contribution in [0, 0.1) is 0 Å². The van der Waals surface area contributed by atoms with Crippen molar-refractivity contribution in [2.45, 2.75) is 0 Å². The van der Waals surface area contributed by atoms with Gasteiger partial charge in [0.2, 0.25) is 23.6 Å². The van der Waals surface area contributed by atoms with Gasteiger partial charge in [0.05, 0.1) is 58.8 Å². The number of fused-ring (bicyclic) bond motifs is 6. The molecule has 58 heavy (non-hydrogen) atoms. The zero-order chi connectivity index (χ0) is 38.7. The Morgan fingerprint density at radius 3 is 1.02 bits per heavy atom. The zero-order valence-electron chi connectivity index (χ0n) is 31.3. The van der Waals surface area contributed by atoms with Gasteiger partial charge in [-0.1, -0.05) is 72.8 Å². The number of hydrogen-bond donors (Lipinski definition) is 0. The summed E-state index contributed by atoms with van der Waals surface area (Å²) in [6.07, 6.45) is 0. The predicted octanol–water partition coefficient (Wildman–Crippen LogP) is 11.3. The van der Waals surface area contributed by atoms with Crippen LogP contribution in [0.1, 0.15) is 0 Å². The molecule has 11 rings (SSSR count). The first-order valence-electron chi connectivity index (χ1n) is 18.8. The van der Waals surface area contributed by atoms with Crippen LogP contribution in [0.25, 0.3) is 101 Å². The predicted molar refractivity (Wildman–Crippen MR) is 226 cm³/mol. The number of aromatic nitrogens is 6. The fourth-order valence-corrected chi connectivity index (χ4v) is 8.02. The molecule has 0 unspecified atom stereocenters. The molecule has 0 radical (unpaired) electrons. The first-order chi connectivity index (χ1) is 28.7. The Bertz CT molecular complexity index is 2990. The van der Waals surface area contributed by atoms with E-state index < -0.39 is 0 Å². The van der Waals surface area contributed by atoms with Crippen LogP contribution >= 0.6 is 0 Å². The Morgan fingerprint density at radius 1 is 0.379 bits per heavy atom. The van der Waals surface area contributed by atoms with Crippen LogP contribution in [0.3, 0.4) is 0 Å². The number of rotatable bonds is 8. The van der Waals surface area contributed by atoms with Gasteiger partial charge in [-0.3, -0.25) is 0 Å². The van der Waals surface area contributed by atoms with Crippen LogP contribution < -0.4 is 9.47 Å². The first-order valence-corrected chi connectivity index (χ1v) is 18.8. The quantitative estimate of drug-likeness (QED) is 0.151. The molecule has 0 N–H and O–H groups in total. The lowest BCUT2D eigenvalue weighted by Gasteiger charge is -2.19. The summed E-state index contributed by atoms with van der Waals surface area (Å²) in [7, 11) is 3.27. The molecule has 0 spiro atoms. The van der Waals surface area contributed by atoms with Gasteiger partial charge in [0.15, 0.2) is 0 Å². The summed E-state index contributed by atoms with van der Waals surface area (Å²) >= 11 is 0. The SMILES string of the molecule is COc1ccc(-c2nnc(-c3cc(-n4c5ccccc5c5ccccc54)c(-n4c5ccccc5c5ccccc54)cc3-c3nnc(-c4ccc(OC)cc4)o3)o2)cc1. The molecule has 0 aliphatic heterocycles. The van der Waals surface area contributed by atoms with Crippen molar-refractivity contribution >= 4 is 43.6 Å². The number of nitrogens with zero attached hydrogens (tertiary/aromatic N) is 6. The summed E-state index contributed by atoms with van der Waals surface area (Å²) in [5, 5.41) is 22.9. The molecule has 4 heterocycles. The van der Waals surface area contributed by atoms with Crippen molar-refractivity contribution in [2.24, 2.45) is 0 Å². The van der Waals surface area contributed by atoms with E-state index in [1.54, 1.807) is 14.2 Å². The monoisotopic (exact) mass is 756 g/mol. The smallest absolute Gasteiger partial charge is 0.249 e. The Kier molecular flexibility index (Phi) is 7.68. The van der Waals surface area contributed by atoms with E-state index in [0.717, 1.165) is 77.6 Å². The molecule has 0 fully saturated rings. The summed E-state index contributed by atoms with van der Waals surface area (Å²) in [5.74, 6) is 2.76. The topological polar surface area (TPSA) is 106 Å². The molecule has 11 aromatic rings. The summed E-state index contributed by atoms with van der Waals surface area (Å²) in [4.78, 5) is 0. The second-order valence-corrected chi connectivity index (χ2v) is 13.9. The van der Waals surface area contributed by atoms with Gasteiger partial charge >= 0.3 is 0 Å². The van der Waals surface area contributed by atoms with Gasteiger partial charge < -0.3 is 27.4 Å². The molecule has 0 atom stereocenters. The average Bonchev–Trinajstić information content (AvgIpc) is 4.10. The molecule has 0 amide bonds. The van der Waals surface area contributed by atoms with E-state index in [4.69, 9.17) is 18.3 Å². The molecular weight excluding hydrogens is 725 g/mol. The van der Waals surface area contributed by atoms with E-state index in [2.05, 4.69) is 139 Å². The van der Waals surface area contributed by atoms with Crippen LogP contribution in [0.15, 0.2) is 167 Å². The molecule has 0 bridgehead atoms. The Labute approximate surface area is 331 Å². The first kappa shape index (κ1) is 33.4. The normalized spacial score (nSPS) is 11.6. The standard InChI is InChI=1S/C48H32N6O4/c1-55-31-23-19-29(20-24-31)45-49-51-47(57-45)37-27-43(53-39-15-7-3-11-33(39)34-12-4-8-16-40(34)53)44(54-41-17-9-5-13-35(41)36-14-6-10-18-42(36)54)28-38(37)48-52-50-46(58-48)30-21-25-32(56-2)26-22-30/h3-28H,1-2H3. The summed E-state index contributed by atoms with van der Waals surface area (Å²) in [5.41, 5.74) is 8.74. The zero-order valence-corrected chi connectivity index (χ0v) is 31.3. The molecule has 0 saturated heterocycles. The van der Waals surface area contributed by atoms with E-state index in [0.29, 0.717) is 34.7 Å². The molecule has 0 aliphatic rings. The van der Waals surface area contributed by atoms with Crippen molar-refractivity contribution < 1.29 is 18.3 Å². The van der Waals surface area contributed by atoms with E-state index in [1.165, 1.54) is 0 Å². The molecule has 7 aromatic carbocycles. The number of ether oxygens (including phenoxy) is 2. The molecular formula is C48H32N6O4. The Morgan fingerprint density at radius 2 is 0.690 bits per heavy atom. The van der Waals surface area contributed by atoms with Crippen LogP contribution in [0.2, 0.25) is 0 Å². The minimum absolute atomic E-state index is 0.292. The van der Waals surface area contributed by atoms with Gasteiger partial charge in [0.25, 0.3) is 0 Å². The van der Waals surface area contributed by atoms with E-state index in [-0.39, 0.29) is 0 Å². The second-order valence-electron chi connectivity index (χ2n) is 13.9. The van der Waals surface area contributed by atoms with Crippen molar-refractivity contribution in [3.63, 3.8) is 0 Å². The minimum Gasteiger partial charge on any atom is -0.497 e. The van der Waals surface area contributed by atoms with Gasteiger partial charge in [-0.15, -0.1) is 20.4 Å². The van der Waals surface area contributed by atoms with Gasteiger partial charge in [0.1, 0.15) is 11.5 Å². The fraction of sp³-hybridized carbons (Fsp3) is 0.0417. The van der Waals surface area contributed by atoms with E-state index in [1.807, 2.05) is 48.5 Å². The molecule has 0 saturated carbocycles. The average molecular weight is 757 g/mol. The molecule has 0 aliphatic carbocycles. The Balaban J connectivity index is 1.24. The fourth-order valence-electron chi connectivity index (χ4n) is 8.02. The third-order valence-electron chi connectivity index (χ3n) is 10.7. The number of methoxy groups -OCH3 is 2. The lowest BCUT2D eigenvalue weighted by molar-refractivity contribution is 0.414. The second kappa shape index (κ2) is 13.3. The number of hydrogen-bond acceptors (Lipinski definition) is 8. The number of para-hydroxylation sites is 4. The lowest BCUT2D eigenvalue weighted by Crippen LogP contribution is -2.05. The van der Waals surface area contributed by atoms with Crippen LogP contribution in [-0.2, 0) is 0 Å². The lowest BCUT2D eigenvalue weighted by atomic mass is 10.0. The van der Waals surface area contributed by atoms with Gasteiger partial charge in [0, 0.05) is 32.7 Å². The maximum Gasteiger partial charge on any atom is 0.249 e.